The number of benzene rings is 2. The zero-order chi connectivity index (χ0) is 18.3. The van der Waals surface area contributed by atoms with Crippen LogP contribution >= 0.6 is 0 Å². The van der Waals surface area contributed by atoms with Crippen molar-refractivity contribution in [3.63, 3.8) is 0 Å². The van der Waals surface area contributed by atoms with Gasteiger partial charge < -0.3 is 9.72 Å². The van der Waals surface area contributed by atoms with Crippen LogP contribution in [0.5, 0.6) is 5.75 Å². The predicted octanol–water partition coefficient (Wildman–Crippen LogP) is 4.51. The second kappa shape index (κ2) is 6.19. The van der Waals surface area contributed by atoms with Gasteiger partial charge in [0, 0.05) is 22.7 Å². The molecule has 0 amide bonds. The van der Waals surface area contributed by atoms with Gasteiger partial charge in [0.2, 0.25) is 34.9 Å². The summed E-state index contributed by atoms with van der Waals surface area (Å²) in [7, 11) is 0. The number of carbonyl (C=O) groups excluding carboxylic acids is 1. The van der Waals surface area contributed by atoms with Crippen LogP contribution in [0.15, 0.2) is 30.5 Å². The van der Waals surface area contributed by atoms with E-state index in [0.29, 0.717) is 10.9 Å². The molecule has 1 aromatic heterocycles. The second-order valence-corrected chi connectivity index (χ2v) is 5.27. The number of para-hydroxylation sites is 1. The zero-order valence-electron chi connectivity index (χ0n) is 12.7. The number of H-pyrrole nitrogens is 1. The molecule has 1 heterocycles. The summed E-state index contributed by atoms with van der Waals surface area (Å²) in [6.07, 6.45) is -0.0988. The van der Waals surface area contributed by atoms with Crippen LogP contribution in [0.2, 0.25) is 0 Å². The van der Waals surface area contributed by atoms with Gasteiger partial charge in [0.1, 0.15) is 0 Å². The number of hydrogen-bond donors (Lipinski definition) is 1. The third-order valence-electron chi connectivity index (χ3n) is 3.69. The van der Waals surface area contributed by atoms with Crippen molar-refractivity contribution in [2.45, 2.75) is 13.0 Å². The first-order valence-corrected chi connectivity index (χ1v) is 7.11. The molecule has 0 aliphatic rings. The Kier molecular flexibility index (Phi) is 4.20. The Morgan fingerprint density at radius 3 is 2.16 bits per heavy atom. The molecule has 2 aromatic carbocycles. The maximum atomic E-state index is 13.7. The molecule has 25 heavy (non-hydrogen) atoms. The Balaban J connectivity index is 1.95. The van der Waals surface area contributed by atoms with Gasteiger partial charge in [-0.2, -0.15) is 8.78 Å². The minimum absolute atomic E-state index is 0.173. The van der Waals surface area contributed by atoms with E-state index in [-0.39, 0.29) is 5.56 Å². The van der Waals surface area contributed by atoms with Crippen LogP contribution in [0, 0.1) is 29.1 Å². The largest absolute Gasteiger partial charge is 0.476 e. The van der Waals surface area contributed by atoms with E-state index in [0.717, 1.165) is 6.92 Å². The van der Waals surface area contributed by atoms with Gasteiger partial charge in [-0.3, -0.25) is 4.79 Å². The molecule has 130 valence electrons. The van der Waals surface area contributed by atoms with Crippen molar-refractivity contribution in [2.75, 3.05) is 0 Å². The quantitative estimate of drug-likeness (QED) is 0.324. The Hall–Kier alpha value is -2.90. The second-order valence-electron chi connectivity index (χ2n) is 5.27. The Labute approximate surface area is 138 Å². The van der Waals surface area contributed by atoms with Gasteiger partial charge in [-0.05, 0) is 13.0 Å². The first-order valence-electron chi connectivity index (χ1n) is 7.11. The molecule has 0 spiro atoms. The van der Waals surface area contributed by atoms with E-state index in [2.05, 4.69) is 4.98 Å². The number of ketones is 1. The molecule has 0 saturated heterocycles. The molecule has 3 nitrogen and oxygen atoms in total. The molecule has 1 N–H and O–H groups in total. The topological polar surface area (TPSA) is 42.1 Å². The average Bonchev–Trinajstić information content (AvgIpc) is 3.05. The zero-order valence-corrected chi connectivity index (χ0v) is 12.7. The monoisotopic (exact) mass is 355 g/mol. The van der Waals surface area contributed by atoms with Crippen molar-refractivity contribution >= 4 is 16.7 Å². The first-order chi connectivity index (χ1) is 11.8. The van der Waals surface area contributed by atoms with Crippen molar-refractivity contribution in [1.29, 1.82) is 0 Å². The highest BCUT2D eigenvalue weighted by Crippen LogP contribution is 2.30. The third kappa shape index (κ3) is 2.73. The molecule has 0 radical (unpaired) electrons. The molecule has 0 aliphatic heterocycles. The summed E-state index contributed by atoms with van der Waals surface area (Å²) in [5, 5.41) is 0.542. The fourth-order valence-electron chi connectivity index (χ4n) is 2.41. The number of nitrogens with one attached hydrogen (secondary N) is 1. The normalized spacial score (nSPS) is 12.4. The minimum Gasteiger partial charge on any atom is -0.476 e. The lowest BCUT2D eigenvalue weighted by Gasteiger charge is -2.15. The standard InChI is InChI=1S/C17H10F5NO2/c1-7(16(24)9-6-23-10-5-3-2-4-8(9)10)25-17-14(21)12(19)11(18)13(20)15(17)22/h2-7,23H,1H3/t7-/m0/s1. The van der Waals surface area contributed by atoms with Gasteiger partial charge in [0.05, 0.1) is 0 Å². The number of rotatable bonds is 4. The lowest BCUT2D eigenvalue weighted by Crippen LogP contribution is -2.25. The molecule has 0 fully saturated rings. The van der Waals surface area contributed by atoms with Crippen LogP contribution in [-0.2, 0) is 0 Å². The third-order valence-corrected chi connectivity index (χ3v) is 3.69. The number of Topliss-reactive ketones (excluding diaryl/α,β-unsaturated/α-hetero) is 1. The van der Waals surface area contributed by atoms with E-state index in [9.17, 15) is 26.7 Å². The van der Waals surface area contributed by atoms with Crippen LogP contribution in [0.3, 0.4) is 0 Å². The summed E-state index contributed by atoms with van der Waals surface area (Å²) >= 11 is 0. The lowest BCUT2D eigenvalue weighted by atomic mass is 10.1. The van der Waals surface area contributed by atoms with Crippen LogP contribution in [0.25, 0.3) is 10.9 Å². The summed E-state index contributed by atoms with van der Waals surface area (Å²) in [4.78, 5) is 15.3. The van der Waals surface area contributed by atoms with Gasteiger partial charge in [0.15, 0.2) is 11.9 Å². The van der Waals surface area contributed by atoms with Crippen molar-refractivity contribution < 1.29 is 31.5 Å². The first kappa shape index (κ1) is 16.9. The lowest BCUT2D eigenvalue weighted by molar-refractivity contribution is 0.0802. The smallest absolute Gasteiger partial charge is 0.207 e. The summed E-state index contributed by atoms with van der Waals surface area (Å²) in [6.45, 7) is 1.15. The number of hydrogen-bond acceptors (Lipinski definition) is 2. The fraction of sp³-hybridized carbons (Fsp3) is 0.118. The van der Waals surface area contributed by atoms with Gasteiger partial charge in [-0.25, -0.2) is 13.2 Å². The SMILES string of the molecule is C[C@H](Oc1c(F)c(F)c(F)c(F)c1F)C(=O)c1c[nH]c2ccccc12. The van der Waals surface area contributed by atoms with Gasteiger partial charge in [0.25, 0.3) is 0 Å². The maximum absolute atomic E-state index is 13.7. The fourth-order valence-corrected chi connectivity index (χ4v) is 2.41. The number of halogens is 5. The highest BCUT2D eigenvalue weighted by Gasteiger charge is 2.30. The van der Waals surface area contributed by atoms with E-state index in [4.69, 9.17) is 4.74 Å². The minimum atomic E-state index is -2.29. The molecule has 0 unspecified atom stereocenters. The highest BCUT2D eigenvalue weighted by atomic mass is 19.2. The molecule has 1 atom stereocenters. The van der Waals surface area contributed by atoms with E-state index in [1.165, 1.54) is 6.20 Å². The van der Waals surface area contributed by atoms with Gasteiger partial charge in [-0.15, -0.1) is 0 Å². The van der Waals surface area contributed by atoms with Crippen molar-refractivity contribution in [1.82, 2.24) is 4.98 Å². The number of aromatic amines is 1. The predicted molar refractivity (Wildman–Crippen MR) is 79.0 cm³/mol. The van der Waals surface area contributed by atoms with E-state index < -0.39 is 46.7 Å². The molecule has 0 bridgehead atoms. The van der Waals surface area contributed by atoms with Crippen LogP contribution < -0.4 is 4.74 Å². The highest BCUT2D eigenvalue weighted by molar-refractivity contribution is 6.09. The summed E-state index contributed by atoms with van der Waals surface area (Å²) < 4.78 is 71.5. The molecule has 3 aromatic rings. The number of ether oxygens (including phenoxy) is 1. The Morgan fingerprint density at radius 2 is 1.52 bits per heavy atom. The van der Waals surface area contributed by atoms with Crippen molar-refractivity contribution in [3.05, 3.63) is 65.1 Å². The van der Waals surface area contributed by atoms with Crippen LogP contribution in [-0.4, -0.2) is 16.9 Å². The molecule has 0 aliphatic carbocycles. The van der Waals surface area contributed by atoms with Crippen LogP contribution in [0.4, 0.5) is 22.0 Å². The Morgan fingerprint density at radius 1 is 0.960 bits per heavy atom. The number of fused-ring (bicyclic) bond motifs is 1. The maximum Gasteiger partial charge on any atom is 0.207 e. The molecule has 0 saturated carbocycles. The van der Waals surface area contributed by atoms with Crippen molar-refractivity contribution in [3.8, 4) is 5.75 Å². The van der Waals surface area contributed by atoms with E-state index >= 15 is 0 Å². The average molecular weight is 355 g/mol. The molecular weight excluding hydrogens is 345 g/mol. The van der Waals surface area contributed by atoms with Gasteiger partial charge >= 0.3 is 0 Å². The van der Waals surface area contributed by atoms with Crippen molar-refractivity contribution in [2.24, 2.45) is 0 Å². The summed E-state index contributed by atoms with van der Waals surface area (Å²) in [6, 6.07) is 6.77. The van der Waals surface area contributed by atoms with E-state index in [1.807, 2.05) is 0 Å². The Bertz CT molecular complexity index is 954. The molecule has 3 rings (SSSR count). The summed E-state index contributed by atoms with van der Waals surface area (Å²) in [5.41, 5.74) is 0.821. The van der Waals surface area contributed by atoms with Gasteiger partial charge in [-0.1, -0.05) is 18.2 Å². The number of carbonyl (C=O) groups is 1. The van der Waals surface area contributed by atoms with E-state index in [1.54, 1.807) is 24.3 Å². The number of aromatic nitrogens is 1. The summed E-state index contributed by atoms with van der Waals surface area (Å²) in [5.74, 6) is -13.0. The molecular formula is C17H10F5NO2. The molecule has 8 heteroatoms. The van der Waals surface area contributed by atoms with Crippen LogP contribution in [0.1, 0.15) is 17.3 Å².